The summed E-state index contributed by atoms with van der Waals surface area (Å²) >= 11 is 0. The van der Waals surface area contributed by atoms with Crippen LogP contribution in [0.3, 0.4) is 0 Å². The number of carbonyl (C=O) groups excluding carboxylic acids is 1. The molecule has 0 radical (unpaired) electrons. The van der Waals surface area contributed by atoms with Crippen LogP contribution in [-0.2, 0) is 19.4 Å². The summed E-state index contributed by atoms with van der Waals surface area (Å²) in [6.07, 6.45) is 8.19. The molecular weight excluding hydrogens is 336 g/mol. The topological polar surface area (TPSA) is 41.4 Å². The van der Waals surface area contributed by atoms with Crippen LogP contribution >= 0.6 is 0 Å². The van der Waals surface area contributed by atoms with Crippen LogP contribution in [0.2, 0.25) is 0 Å². The normalized spacial score (nSPS) is 24.6. The Balaban J connectivity index is 1.59. The van der Waals surface area contributed by atoms with Crippen molar-refractivity contribution in [3.05, 3.63) is 17.0 Å². The van der Waals surface area contributed by atoms with E-state index in [0.717, 1.165) is 56.9 Å². The first kappa shape index (κ1) is 19.0. The Kier molecular flexibility index (Phi) is 5.58. The van der Waals surface area contributed by atoms with Gasteiger partial charge in [-0.3, -0.25) is 9.48 Å². The molecule has 5 heteroatoms. The highest BCUT2D eigenvalue weighted by Crippen LogP contribution is 2.31. The zero-order valence-electron chi connectivity index (χ0n) is 17.4. The lowest BCUT2D eigenvalue weighted by Crippen LogP contribution is -2.44. The highest BCUT2D eigenvalue weighted by molar-refractivity contribution is 5.94. The van der Waals surface area contributed by atoms with Crippen LogP contribution in [0.25, 0.3) is 0 Å². The van der Waals surface area contributed by atoms with Crippen LogP contribution in [0.4, 0.5) is 0 Å². The van der Waals surface area contributed by atoms with Gasteiger partial charge in [-0.1, -0.05) is 20.8 Å². The van der Waals surface area contributed by atoms with Crippen LogP contribution < -0.4 is 0 Å². The van der Waals surface area contributed by atoms with Gasteiger partial charge in [0.05, 0.1) is 0 Å². The lowest BCUT2D eigenvalue weighted by atomic mass is 9.88. The van der Waals surface area contributed by atoms with Gasteiger partial charge in [-0.15, -0.1) is 0 Å². The standard InChI is InChI=1S/C22H36N4O/c1-16(2)15-26-20-7-6-18(24-12-8-17(3)9-13-24)14-19(20)21(23-26)22(27)25-10-4-5-11-25/h16-18H,4-15H2,1-3H3. The smallest absolute Gasteiger partial charge is 0.274 e. The molecule has 3 aliphatic rings. The highest BCUT2D eigenvalue weighted by Gasteiger charge is 2.34. The lowest BCUT2D eigenvalue weighted by Gasteiger charge is -2.38. The molecule has 1 aliphatic carbocycles. The largest absolute Gasteiger partial charge is 0.337 e. The minimum atomic E-state index is 0.180. The number of aromatic nitrogens is 2. The van der Waals surface area contributed by atoms with Crippen molar-refractivity contribution < 1.29 is 4.79 Å². The molecule has 0 aromatic carbocycles. The molecule has 5 nitrogen and oxygen atoms in total. The molecule has 3 heterocycles. The maximum atomic E-state index is 13.2. The van der Waals surface area contributed by atoms with Gasteiger partial charge in [-0.25, -0.2) is 0 Å². The van der Waals surface area contributed by atoms with E-state index in [9.17, 15) is 4.79 Å². The van der Waals surface area contributed by atoms with Gasteiger partial charge in [0.1, 0.15) is 0 Å². The first-order valence-electron chi connectivity index (χ1n) is 11.1. The average molecular weight is 373 g/mol. The number of nitrogens with zero attached hydrogens (tertiary/aromatic N) is 4. The first-order valence-corrected chi connectivity index (χ1v) is 11.1. The Morgan fingerprint density at radius 2 is 1.81 bits per heavy atom. The SMILES string of the molecule is CC(C)Cn1nc(C(=O)N2CCCC2)c2c1CCC(N1CCC(C)CC1)C2. The summed E-state index contributed by atoms with van der Waals surface area (Å²) in [5.74, 6) is 1.59. The van der Waals surface area contributed by atoms with E-state index in [2.05, 4.69) is 30.4 Å². The van der Waals surface area contributed by atoms with E-state index in [0.29, 0.717) is 12.0 Å². The minimum absolute atomic E-state index is 0.180. The predicted molar refractivity (Wildman–Crippen MR) is 108 cm³/mol. The van der Waals surface area contributed by atoms with E-state index in [4.69, 9.17) is 5.10 Å². The third-order valence-electron chi connectivity index (χ3n) is 6.79. The van der Waals surface area contributed by atoms with Crippen molar-refractivity contribution in [2.45, 2.75) is 78.3 Å². The van der Waals surface area contributed by atoms with E-state index in [1.165, 1.54) is 43.6 Å². The summed E-state index contributed by atoms with van der Waals surface area (Å²) in [5.41, 5.74) is 3.37. The fraction of sp³-hybridized carbons (Fsp3) is 0.818. The monoisotopic (exact) mass is 372 g/mol. The zero-order valence-corrected chi connectivity index (χ0v) is 17.4. The quantitative estimate of drug-likeness (QED) is 0.814. The van der Waals surface area contributed by atoms with E-state index in [1.807, 2.05) is 4.90 Å². The Bertz CT molecular complexity index is 666. The maximum Gasteiger partial charge on any atom is 0.274 e. The number of piperidine rings is 1. The number of likely N-dealkylation sites (tertiary alicyclic amines) is 2. The summed E-state index contributed by atoms with van der Waals surface area (Å²) in [6, 6.07) is 0.590. The molecule has 1 aromatic rings. The van der Waals surface area contributed by atoms with Crippen LogP contribution in [0.15, 0.2) is 0 Å². The van der Waals surface area contributed by atoms with Crippen LogP contribution in [-0.4, -0.2) is 57.7 Å². The molecule has 2 saturated heterocycles. The van der Waals surface area contributed by atoms with Crippen molar-refractivity contribution in [2.75, 3.05) is 26.2 Å². The van der Waals surface area contributed by atoms with Crippen molar-refractivity contribution in [3.8, 4) is 0 Å². The number of carbonyl (C=O) groups is 1. The van der Waals surface area contributed by atoms with Crippen molar-refractivity contribution in [2.24, 2.45) is 11.8 Å². The van der Waals surface area contributed by atoms with Crippen molar-refractivity contribution in [1.29, 1.82) is 0 Å². The van der Waals surface area contributed by atoms with Gasteiger partial charge in [0.15, 0.2) is 5.69 Å². The van der Waals surface area contributed by atoms with Crippen molar-refractivity contribution in [3.63, 3.8) is 0 Å². The summed E-state index contributed by atoms with van der Waals surface area (Å²) in [5, 5.41) is 4.88. The summed E-state index contributed by atoms with van der Waals surface area (Å²) in [4.78, 5) is 17.9. The van der Waals surface area contributed by atoms with Crippen molar-refractivity contribution in [1.82, 2.24) is 19.6 Å². The third kappa shape index (κ3) is 3.94. The number of amides is 1. The Labute approximate surface area is 164 Å². The second-order valence-electron chi connectivity index (χ2n) is 9.46. The summed E-state index contributed by atoms with van der Waals surface area (Å²) < 4.78 is 2.16. The van der Waals surface area contributed by atoms with Gasteiger partial charge in [-0.05, 0) is 69.9 Å². The number of hydrogen-bond donors (Lipinski definition) is 0. The summed E-state index contributed by atoms with van der Waals surface area (Å²) in [7, 11) is 0. The number of rotatable bonds is 4. The lowest BCUT2D eigenvalue weighted by molar-refractivity contribution is 0.0783. The average Bonchev–Trinajstić information content (AvgIpc) is 3.30. The predicted octanol–water partition coefficient (Wildman–Crippen LogP) is 3.36. The molecular formula is C22H36N4O. The Morgan fingerprint density at radius 3 is 2.48 bits per heavy atom. The molecule has 0 N–H and O–H groups in total. The highest BCUT2D eigenvalue weighted by atomic mass is 16.2. The molecule has 0 spiro atoms. The molecule has 2 aliphatic heterocycles. The first-order chi connectivity index (χ1) is 13.0. The van der Waals surface area contributed by atoms with E-state index < -0.39 is 0 Å². The second kappa shape index (κ2) is 7.94. The van der Waals surface area contributed by atoms with Crippen LogP contribution in [0.1, 0.15) is 74.6 Å². The van der Waals surface area contributed by atoms with Gasteiger partial charge in [0.2, 0.25) is 0 Å². The maximum absolute atomic E-state index is 13.2. The number of fused-ring (bicyclic) bond motifs is 1. The molecule has 1 unspecified atom stereocenters. The minimum Gasteiger partial charge on any atom is -0.337 e. The molecule has 150 valence electrons. The third-order valence-corrected chi connectivity index (χ3v) is 6.79. The molecule has 1 atom stereocenters. The fourth-order valence-corrected chi connectivity index (χ4v) is 5.11. The molecule has 1 aromatic heterocycles. The van der Waals surface area contributed by atoms with Gasteiger partial charge in [0.25, 0.3) is 5.91 Å². The van der Waals surface area contributed by atoms with E-state index in [-0.39, 0.29) is 5.91 Å². The molecule has 0 bridgehead atoms. The molecule has 1 amide bonds. The molecule has 2 fully saturated rings. The van der Waals surface area contributed by atoms with Gasteiger partial charge < -0.3 is 9.80 Å². The van der Waals surface area contributed by atoms with E-state index in [1.54, 1.807) is 0 Å². The van der Waals surface area contributed by atoms with Crippen molar-refractivity contribution >= 4 is 5.91 Å². The molecule has 4 rings (SSSR count). The van der Waals surface area contributed by atoms with Gasteiger partial charge in [0, 0.05) is 36.9 Å². The molecule has 0 saturated carbocycles. The fourth-order valence-electron chi connectivity index (χ4n) is 5.11. The van der Waals surface area contributed by atoms with Crippen LogP contribution in [0.5, 0.6) is 0 Å². The Morgan fingerprint density at radius 1 is 1.11 bits per heavy atom. The van der Waals surface area contributed by atoms with Gasteiger partial charge >= 0.3 is 0 Å². The second-order valence-corrected chi connectivity index (χ2v) is 9.46. The van der Waals surface area contributed by atoms with Gasteiger partial charge in [-0.2, -0.15) is 5.10 Å². The van der Waals surface area contributed by atoms with Crippen LogP contribution in [0, 0.1) is 11.8 Å². The molecule has 27 heavy (non-hydrogen) atoms. The summed E-state index contributed by atoms with van der Waals surface area (Å²) in [6.45, 7) is 12.0. The zero-order chi connectivity index (χ0) is 19.0. The Hall–Kier alpha value is -1.36. The van der Waals surface area contributed by atoms with E-state index >= 15 is 0 Å². The number of hydrogen-bond acceptors (Lipinski definition) is 3.